The number of benzene rings is 1. The van der Waals surface area contributed by atoms with Gasteiger partial charge in [-0.05, 0) is 73.0 Å². The van der Waals surface area contributed by atoms with Gasteiger partial charge in [-0.3, -0.25) is 19.9 Å². The van der Waals surface area contributed by atoms with Crippen molar-refractivity contribution in [3.05, 3.63) is 71.0 Å². The smallest absolute Gasteiger partial charge is 0.406 e. The van der Waals surface area contributed by atoms with Crippen LogP contribution in [0.4, 0.5) is 23.9 Å². The van der Waals surface area contributed by atoms with Crippen LogP contribution in [0.1, 0.15) is 24.1 Å². The molecule has 2 aliphatic rings. The average Bonchev–Trinajstić information content (AvgIpc) is 3.24. The summed E-state index contributed by atoms with van der Waals surface area (Å²) in [6.45, 7) is 2.82. The van der Waals surface area contributed by atoms with Crippen molar-refractivity contribution in [2.45, 2.75) is 25.7 Å². The number of halogens is 3. The Morgan fingerprint density at radius 3 is 2.67 bits per heavy atom. The minimum atomic E-state index is -4.76. The number of carbonyl (C=O) groups excluding carboxylic acids is 2. The molecule has 2 aromatic heterocycles. The predicted molar refractivity (Wildman–Crippen MR) is 144 cm³/mol. The van der Waals surface area contributed by atoms with Gasteiger partial charge in [0, 0.05) is 37.6 Å². The summed E-state index contributed by atoms with van der Waals surface area (Å²) in [7, 11) is 0. The van der Waals surface area contributed by atoms with Crippen LogP contribution in [0.15, 0.2) is 59.8 Å². The third-order valence-corrected chi connectivity index (χ3v) is 7.27. The minimum absolute atomic E-state index is 0.287. The number of pyridine rings is 1. The molecule has 4 heterocycles. The highest BCUT2D eigenvalue weighted by Gasteiger charge is 2.31. The Morgan fingerprint density at radius 2 is 1.93 bits per heavy atom. The van der Waals surface area contributed by atoms with Crippen molar-refractivity contribution in [2.24, 2.45) is 5.92 Å². The molecule has 2 fully saturated rings. The second kappa shape index (κ2) is 12.0. The van der Waals surface area contributed by atoms with Gasteiger partial charge in [0.1, 0.15) is 5.75 Å². The van der Waals surface area contributed by atoms with Gasteiger partial charge in [0.25, 0.3) is 11.1 Å². The summed E-state index contributed by atoms with van der Waals surface area (Å²) in [5, 5.41) is 5.30. The Morgan fingerprint density at radius 1 is 1.10 bits per heavy atom. The maximum atomic E-state index is 12.7. The van der Waals surface area contributed by atoms with Crippen LogP contribution < -0.4 is 20.3 Å². The zero-order valence-electron chi connectivity index (χ0n) is 21.1. The van der Waals surface area contributed by atoms with Crippen molar-refractivity contribution >= 4 is 34.9 Å². The molecule has 13 heteroatoms. The Kier molecular flexibility index (Phi) is 8.31. The number of nitrogens with zero attached hydrogens (tertiary/aromatic N) is 4. The molecule has 9 nitrogen and oxygen atoms in total. The molecular weight excluding hydrogens is 545 g/mol. The largest absolute Gasteiger partial charge is 0.573 e. The van der Waals surface area contributed by atoms with E-state index in [-0.39, 0.29) is 5.75 Å². The Balaban J connectivity index is 1.14. The third kappa shape index (κ3) is 7.16. The molecule has 0 atom stereocenters. The Hall–Kier alpha value is -3.97. The topological polar surface area (TPSA) is 109 Å². The number of thioether (sulfide) groups is 1. The molecule has 40 heavy (non-hydrogen) atoms. The van der Waals surface area contributed by atoms with Crippen molar-refractivity contribution in [3.63, 3.8) is 0 Å². The summed E-state index contributed by atoms with van der Waals surface area (Å²) >= 11 is 0.848. The van der Waals surface area contributed by atoms with Crippen LogP contribution in [0.5, 0.6) is 5.75 Å². The molecule has 0 aliphatic carbocycles. The van der Waals surface area contributed by atoms with Crippen LogP contribution in [0, 0.1) is 5.92 Å². The van der Waals surface area contributed by atoms with E-state index in [4.69, 9.17) is 0 Å². The normalized spacial score (nSPS) is 17.4. The number of hydrogen-bond acceptors (Lipinski definition) is 9. The first-order valence-electron chi connectivity index (χ1n) is 12.6. The van der Waals surface area contributed by atoms with Gasteiger partial charge in [-0.15, -0.1) is 13.2 Å². The number of aromatic nitrogens is 3. The Labute approximate surface area is 232 Å². The molecular formula is C27H25F3N6O3S. The molecule has 0 spiro atoms. The minimum Gasteiger partial charge on any atom is -0.406 e. The molecule has 0 unspecified atom stereocenters. The molecule has 0 radical (unpaired) electrons. The van der Waals surface area contributed by atoms with Crippen LogP contribution in [-0.4, -0.2) is 52.1 Å². The van der Waals surface area contributed by atoms with Crippen LogP contribution in [0.3, 0.4) is 0 Å². The van der Waals surface area contributed by atoms with E-state index in [1.807, 2.05) is 6.07 Å². The first kappa shape index (κ1) is 27.6. The van der Waals surface area contributed by atoms with E-state index in [0.29, 0.717) is 40.3 Å². The van der Waals surface area contributed by atoms with E-state index in [0.717, 1.165) is 49.8 Å². The summed E-state index contributed by atoms with van der Waals surface area (Å²) in [6, 6.07) is 11.2. The zero-order chi connectivity index (χ0) is 28.1. The van der Waals surface area contributed by atoms with Crippen LogP contribution in [0.25, 0.3) is 17.3 Å². The molecule has 3 aromatic rings. The standard InChI is InChI=1S/C27H25F3N6O3S/c28-27(29,30)39-21-5-1-3-18(13-21)23-19(4-2-9-32-23)16-31-15-17-7-11-36(12-8-17)25-33-10-6-20(34-25)14-22-24(37)35-26(38)40-22/h1-6,9-10,13-14,17,31H,7-8,11-12,15-16H2,(H,35,37,38)/b22-14-. The Bertz CT molecular complexity index is 1430. The number of rotatable bonds is 8. The highest BCUT2D eigenvalue weighted by atomic mass is 32.2. The molecule has 2 N–H and O–H groups in total. The van der Waals surface area contributed by atoms with E-state index in [1.54, 1.807) is 36.7 Å². The number of imide groups is 1. The lowest BCUT2D eigenvalue weighted by molar-refractivity contribution is -0.274. The van der Waals surface area contributed by atoms with Gasteiger partial charge in [0.15, 0.2) is 0 Å². The number of anilines is 1. The van der Waals surface area contributed by atoms with Crippen molar-refractivity contribution in [1.82, 2.24) is 25.6 Å². The van der Waals surface area contributed by atoms with Crippen molar-refractivity contribution in [1.29, 1.82) is 0 Å². The summed E-state index contributed by atoms with van der Waals surface area (Å²) in [4.78, 5) is 38.9. The van der Waals surface area contributed by atoms with Gasteiger partial charge in [0.2, 0.25) is 5.95 Å². The molecule has 0 bridgehead atoms. The van der Waals surface area contributed by atoms with Crippen LogP contribution in [-0.2, 0) is 11.3 Å². The average molecular weight is 571 g/mol. The highest BCUT2D eigenvalue weighted by molar-refractivity contribution is 8.18. The monoisotopic (exact) mass is 570 g/mol. The lowest BCUT2D eigenvalue weighted by Gasteiger charge is -2.32. The maximum absolute atomic E-state index is 12.7. The van der Waals surface area contributed by atoms with E-state index >= 15 is 0 Å². The van der Waals surface area contributed by atoms with Gasteiger partial charge in [0.05, 0.1) is 16.3 Å². The second-order valence-corrected chi connectivity index (χ2v) is 10.3. The number of nitrogens with one attached hydrogen (secondary N) is 2. The number of alkyl halides is 3. The van der Waals surface area contributed by atoms with Crippen molar-refractivity contribution in [3.8, 4) is 17.0 Å². The third-order valence-electron chi connectivity index (χ3n) is 6.46. The predicted octanol–water partition coefficient (Wildman–Crippen LogP) is 4.77. The van der Waals surface area contributed by atoms with Crippen LogP contribution >= 0.6 is 11.8 Å². The molecule has 0 saturated carbocycles. The molecule has 2 saturated heterocycles. The fourth-order valence-corrected chi connectivity index (χ4v) is 5.25. The molecule has 2 aliphatic heterocycles. The van der Waals surface area contributed by atoms with Gasteiger partial charge in [-0.25, -0.2) is 9.97 Å². The first-order valence-corrected chi connectivity index (χ1v) is 13.4. The molecule has 2 amide bonds. The molecule has 1 aromatic carbocycles. The molecule has 208 valence electrons. The number of carbonyl (C=O) groups is 2. The van der Waals surface area contributed by atoms with Gasteiger partial charge in [-0.1, -0.05) is 18.2 Å². The van der Waals surface area contributed by atoms with E-state index in [1.165, 1.54) is 18.2 Å². The SMILES string of the molecule is O=C1NC(=O)/C(=C/c2ccnc(N3CCC(CNCc4cccnc4-c4cccc(OC(F)(F)F)c4)CC3)n2)S1. The summed E-state index contributed by atoms with van der Waals surface area (Å²) in [6.07, 6.45) is 1.91. The molecule has 5 rings (SSSR count). The number of amides is 2. The van der Waals surface area contributed by atoms with Gasteiger partial charge < -0.3 is 15.0 Å². The highest BCUT2D eigenvalue weighted by Crippen LogP contribution is 2.29. The maximum Gasteiger partial charge on any atom is 0.573 e. The fourth-order valence-electron chi connectivity index (χ4n) is 4.58. The lowest BCUT2D eigenvalue weighted by atomic mass is 9.97. The quantitative estimate of drug-likeness (QED) is 0.370. The van der Waals surface area contributed by atoms with E-state index in [2.05, 4.69) is 35.2 Å². The van der Waals surface area contributed by atoms with E-state index < -0.39 is 17.5 Å². The second-order valence-electron chi connectivity index (χ2n) is 9.28. The van der Waals surface area contributed by atoms with E-state index in [9.17, 15) is 22.8 Å². The summed E-state index contributed by atoms with van der Waals surface area (Å²) < 4.78 is 42.0. The van der Waals surface area contributed by atoms with Crippen molar-refractivity contribution < 1.29 is 27.5 Å². The number of piperidine rings is 1. The van der Waals surface area contributed by atoms with Crippen molar-refractivity contribution in [2.75, 3.05) is 24.5 Å². The van der Waals surface area contributed by atoms with Gasteiger partial charge >= 0.3 is 6.36 Å². The van der Waals surface area contributed by atoms with Gasteiger partial charge in [-0.2, -0.15) is 0 Å². The summed E-state index contributed by atoms with van der Waals surface area (Å²) in [5.74, 6) is 0.290. The number of hydrogen-bond donors (Lipinski definition) is 2. The van der Waals surface area contributed by atoms with Crippen LogP contribution in [0.2, 0.25) is 0 Å². The first-order chi connectivity index (χ1) is 19.2. The lowest BCUT2D eigenvalue weighted by Crippen LogP contribution is -2.38. The number of ether oxygens (including phenoxy) is 1. The zero-order valence-corrected chi connectivity index (χ0v) is 22.0. The fraction of sp³-hybridized carbons (Fsp3) is 0.296. The summed E-state index contributed by atoms with van der Waals surface area (Å²) in [5.41, 5.74) is 2.58.